The minimum atomic E-state index is 0.452. The number of benzene rings is 1. The van der Waals surface area contributed by atoms with Gasteiger partial charge in [-0.3, -0.25) is 0 Å². The number of ether oxygens (including phenoxy) is 1. The van der Waals surface area contributed by atoms with Crippen LogP contribution in [0.4, 0.5) is 0 Å². The van der Waals surface area contributed by atoms with Gasteiger partial charge >= 0.3 is 0 Å². The molecule has 0 saturated heterocycles. The molecule has 0 heterocycles. The molecule has 20 heavy (non-hydrogen) atoms. The molecule has 0 aliphatic carbocycles. The van der Waals surface area contributed by atoms with E-state index in [4.69, 9.17) is 4.74 Å². The zero-order valence-electron chi connectivity index (χ0n) is 14.0. The highest BCUT2D eigenvalue weighted by Gasteiger charge is 2.16. The summed E-state index contributed by atoms with van der Waals surface area (Å²) in [4.78, 5) is 0. The van der Waals surface area contributed by atoms with Gasteiger partial charge in [0, 0.05) is 6.04 Å². The normalized spacial score (nSPS) is 14.1. The Morgan fingerprint density at radius 2 is 1.75 bits per heavy atom. The fraction of sp³-hybridized carbons (Fsp3) is 0.667. The minimum absolute atomic E-state index is 0.452. The van der Waals surface area contributed by atoms with Gasteiger partial charge in [-0.15, -0.1) is 0 Å². The SMILES string of the molecule is CCCNC(CC(C)CC)c1cc(C)c(OC)c(C)c1. The Bertz CT molecular complexity index is 391. The van der Waals surface area contributed by atoms with Crippen LogP contribution in [-0.4, -0.2) is 13.7 Å². The van der Waals surface area contributed by atoms with Gasteiger partial charge in [0.05, 0.1) is 7.11 Å². The van der Waals surface area contributed by atoms with E-state index < -0.39 is 0 Å². The first-order chi connectivity index (χ1) is 9.53. The summed E-state index contributed by atoms with van der Waals surface area (Å²) in [7, 11) is 1.75. The quantitative estimate of drug-likeness (QED) is 0.737. The lowest BCUT2D eigenvalue weighted by atomic mass is 9.92. The van der Waals surface area contributed by atoms with Gasteiger partial charge in [0.2, 0.25) is 0 Å². The lowest BCUT2D eigenvalue weighted by molar-refractivity contribution is 0.397. The molecule has 0 fully saturated rings. The van der Waals surface area contributed by atoms with Crippen LogP contribution in [0.3, 0.4) is 0 Å². The van der Waals surface area contributed by atoms with E-state index in [-0.39, 0.29) is 0 Å². The van der Waals surface area contributed by atoms with Gasteiger partial charge < -0.3 is 10.1 Å². The zero-order chi connectivity index (χ0) is 15.1. The van der Waals surface area contributed by atoms with Gasteiger partial charge in [-0.25, -0.2) is 0 Å². The molecular weight excluding hydrogens is 246 g/mol. The van der Waals surface area contributed by atoms with Crippen molar-refractivity contribution in [3.63, 3.8) is 0 Å². The van der Waals surface area contributed by atoms with E-state index >= 15 is 0 Å². The summed E-state index contributed by atoms with van der Waals surface area (Å²) >= 11 is 0. The molecule has 0 spiro atoms. The summed E-state index contributed by atoms with van der Waals surface area (Å²) in [5, 5.41) is 3.70. The van der Waals surface area contributed by atoms with Crippen molar-refractivity contribution < 1.29 is 4.74 Å². The summed E-state index contributed by atoms with van der Waals surface area (Å²) in [5.41, 5.74) is 3.86. The Morgan fingerprint density at radius 3 is 2.20 bits per heavy atom. The van der Waals surface area contributed by atoms with Crippen molar-refractivity contribution in [1.29, 1.82) is 0 Å². The van der Waals surface area contributed by atoms with Gasteiger partial charge in [-0.05, 0) is 55.8 Å². The van der Waals surface area contributed by atoms with Crippen LogP contribution in [0.5, 0.6) is 5.75 Å². The Kier molecular flexibility index (Phi) is 7.08. The maximum absolute atomic E-state index is 5.47. The molecule has 1 aromatic carbocycles. The number of methoxy groups -OCH3 is 1. The molecule has 1 N–H and O–H groups in total. The van der Waals surface area contributed by atoms with E-state index in [9.17, 15) is 0 Å². The lowest BCUT2D eigenvalue weighted by Gasteiger charge is -2.24. The topological polar surface area (TPSA) is 21.3 Å². The van der Waals surface area contributed by atoms with Crippen LogP contribution in [0.2, 0.25) is 0 Å². The molecule has 114 valence electrons. The highest BCUT2D eigenvalue weighted by Crippen LogP contribution is 2.30. The first kappa shape index (κ1) is 17.0. The van der Waals surface area contributed by atoms with Gasteiger partial charge in [-0.2, -0.15) is 0 Å². The van der Waals surface area contributed by atoms with Gasteiger partial charge in [0.15, 0.2) is 0 Å². The van der Waals surface area contributed by atoms with Crippen LogP contribution in [0.25, 0.3) is 0 Å². The fourth-order valence-corrected chi connectivity index (χ4v) is 2.73. The zero-order valence-corrected chi connectivity index (χ0v) is 14.0. The second kappa shape index (κ2) is 8.31. The van der Waals surface area contributed by atoms with Crippen molar-refractivity contribution >= 4 is 0 Å². The molecule has 1 aromatic rings. The van der Waals surface area contributed by atoms with Gasteiger partial charge in [0.25, 0.3) is 0 Å². The van der Waals surface area contributed by atoms with Crippen molar-refractivity contribution in [2.75, 3.05) is 13.7 Å². The van der Waals surface area contributed by atoms with E-state index in [1.54, 1.807) is 7.11 Å². The van der Waals surface area contributed by atoms with E-state index in [1.807, 2.05) is 0 Å². The summed E-state index contributed by atoms with van der Waals surface area (Å²) < 4.78 is 5.47. The maximum Gasteiger partial charge on any atom is 0.124 e. The van der Waals surface area contributed by atoms with Crippen LogP contribution in [0, 0.1) is 19.8 Å². The molecule has 0 aromatic heterocycles. The summed E-state index contributed by atoms with van der Waals surface area (Å²) in [6, 6.07) is 5.01. The van der Waals surface area contributed by atoms with Crippen molar-refractivity contribution in [3.05, 3.63) is 28.8 Å². The Balaban J connectivity index is 3.00. The van der Waals surface area contributed by atoms with Gasteiger partial charge in [-0.1, -0.05) is 39.3 Å². The number of aryl methyl sites for hydroxylation is 2. The smallest absolute Gasteiger partial charge is 0.124 e. The Morgan fingerprint density at radius 1 is 1.15 bits per heavy atom. The largest absolute Gasteiger partial charge is 0.496 e. The van der Waals surface area contributed by atoms with Crippen LogP contribution < -0.4 is 10.1 Å². The fourth-order valence-electron chi connectivity index (χ4n) is 2.73. The predicted octanol–water partition coefficient (Wildman–Crippen LogP) is 4.79. The minimum Gasteiger partial charge on any atom is -0.496 e. The van der Waals surface area contributed by atoms with E-state index in [2.05, 4.69) is 52.1 Å². The molecule has 0 amide bonds. The van der Waals surface area contributed by atoms with Crippen molar-refractivity contribution in [2.24, 2.45) is 5.92 Å². The first-order valence-electron chi connectivity index (χ1n) is 7.91. The molecule has 0 aliphatic heterocycles. The summed E-state index contributed by atoms with van der Waals surface area (Å²) in [5.74, 6) is 1.76. The Labute approximate surface area is 124 Å². The molecule has 2 unspecified atom stereocenters. The number of hydrogen-bond donors (Lipinski definition) is 1. The average molecular weight is 277 g/mol. The van der Waals surface area contributed by atoms with Crippen LogP contribution in [-0.2, 0) is 0 Å². The van der Waals surface area contributed by atoms with Crippen molar-refractivity contribution in [2.45, 2.75) is 59.9 Å². The van der Waals surface area contributed by atoms with Crippen LogP contribution in [0.1, 0.15) is 62.8 Å². The molecule has 0 saturated carbocycles. The number of rotatable bonds is 8. The molecule has 2 heteroatoms. The molecule has 0 bridgehead atoms. The van der Waals surface area contributed by atoms with E-state index in [1.165, 1.54) is 36.0 Å². The lowest BCUT2D eigenvalue weighted by Crippen LogP contribution is -2.24. The molecular formula is C18H31NO. The molecule has 0 radical (unpaired) electrons. The average Bonchev–Trinajstić information content (AvgIpc) is 2.42. The Hall–Kier alpha value is -1.02. The predicted molar refractivity (Wildman–Crippen MR) is 87.6 cm³/mol. The highest BCUT2D eigenvalue weighted by molar-refractivity contribution is 5.44. The maximum atomic E-state index is 5.47. The monoisotopic (exact) mass is 277 g/mol. The highest BCUT2D eigenvalue weighted by atomic mass is 16.5. The third kappa shape index (κ3) is 4.52. The number of hydrogen-bond acceptors (Lipinski definition) is 2. The standard InChI is InChI=1S/C18H31NO/c1-7-9-19-17(10-13(3)8-2)16-11-14(4)18(20-6)15(5)12-16/h11-13,17,19H,7-10H2,1-6H3. The number of nitrogens with one attached hydrogen (secondary N) is 1. The second-order valence-corrected chi connectivity index (χ2v) is 5.94. The molecule has 2 nitrogen and oxygen atoms in total. The van der Waals surface area contributed by atoms with E-state index in [0.717, 1.165) is 18.2 Å². The van der Waals surface area contributed by atoms with Gasteiger partial charge in [0.1, 0.15) is 5.75 Å². The summed E-state index contributed by atoms with van der Waals surface area (Å²) in [6.45, 7) is 12.2. The molecule has 0 aliphatic rings. The second-order valence-electron chi connectivity index (χ2n) is 5.94. The molecule has 1 rings (SSSR count). The van der Waals surface area contributed by atoms with Crippen LogP contribution in [0.15, 0.2) is 12.1 Å². The summed E-state index contributed by atoms with van der Waals surface area (Å²) in [6.07, 6.45) is 3.60. The van der Waals surface area contributed by atoms with E-state index in [0.29, 0.717) is 6.04 Å². The third-order valence-electron chi connectivity index (χ3n) is 4.06. The molecule has 2 atom stereocenters. The first-order valence-corrected chi connectivity index (χ1v) is 7.91. The van der Waals surface area contributed by atoms with Crippen molar-refractivity contribution in [3.8, 4) is 5.75 Å². The van der Waals surface area contributed by atoms with Crippen LogP contribution >= 0.6 is 0 Å². The van der Waals surface area contributed by atoms with Crippen molar-refractivity contribution in [1.82, 2.24) is 5.32 Å². The third-order valence-corrected chi connectivity index (χ3v) is 4.06.